The van der Waals surface area contributed by atoms with E-state index in [9.17, 15) is 19.2 Å². The van der Waals surface area contributed by atoms with Crippen LogP contribution in [0.1, 0.15) is 56.4 Å². The van der Waals surface area contributed by atoms with Gasteiger partial charge in [-0.15, -0.1) is 0 Å². The van der Waals surface area contributed by atoms with Crippen molar-refractivity contribution < 1.29 is 66.5 Å². The predicted octanol–water partition coefficient (Wildman–Crippen LogP) is 6.69. The third-order valence-electron chi connectivity index (χ3n) is 9.98. The van der Waals surface area contributed by atoms with Crippen LogP contribution in [0.3, 0.4) is 0 Å². The first-order chi connectivity index (χ1) is 30.0. The third kappa shape index (κ3) is 15.4. The normalized spacial score (nSPS) is 23.1. The van der Waals surface area contributed by atoms with E-state index in [0.29, 0.717) is 19.6 Å². The van der Waals surface area contributed by atoms with Crippen LogP contribution in [0.25, 0.3) is 0 Å². The Bertz CT molecular complexity index is 1960. The van der Waals surface area contributed by atoms with E-state index in [0.717, 1.165) is 28.0 Å². The molecule has 2 fully saturated rings. The van der Waals surface area contributed by atoms with E-state index >= 15 is 0 Å². The molecule has 0 amide bonds. The topological polar surface area (TPSA) is 161 Å². The van der Waals surface area contributed by atoms with E-state index in [4.69, 9.17) is 47.4 Å². The van der Waals surface area contributed by atoms with Gasteiger partial charge >= 0.3 is 23.9 Å². The zero-order valence-electron chi connectivity index (χ0n) is 35.8. The molecule has 2 heterocycles. The van der Waals surface area contributed by atoms with Crippen molar-refractivity contribution in [2.45, 2.75) is 103 Å². The molecule has 8 atom stereocenters. The second-order valence-electron chi connectivity index (χ2n) is 14.8. The summed E-state index contributed by atoms with van der Waals surface area (Å²) in [6, 6.07) is 36.4. The molecule has 4 aromatic carbocycles. The summed E-state index contributed by atoms with van der Waals surface area (Å²) < 4.78 is 56.6. The maximum atomic E-state index is 12.6. The van der Waals surface area contributed by atoms with Gasteiger partial charge in [0.1, 0.15) is 31.2 Å². The van der Waals surface area contributed by atoms with E-state index in [1.165, 1.54) is 20.8 Å². The Labute approximate surface area is 362 Å². The molecule has 14 heteroatoms. The van der Waals surface area contributed by atoms with Gasteiger partial charge in [0, 0.05) is 33.1 Å². The van der Waals surface area contributed by atoms with E-state index in [-0.39, 0.29) is 32.3 Å². The zero-order valence-corrected chi connectivity index (χ0v) is 35.8. The summed E-state index contributed by atoms with van der Waals surface area (Å²) in [7, 11) is 1.61. The summed E-state index contributed by atoms with van der Waals surface area (Å²) in [5.74, 6) is -1.38. The minimum atomic E-state index is -1.00. The van der Waals surface area contributed by atoms with Crippen LogP contribution in [0.2, 0.25) is 0 Å². The van der Waals surface area contributed by atoms with Crippen molar-refractivity contribution in [3.8, 4) is 5.75 Å². The van der Waals surface area contributed by atoms with Crippen molar-refractivity contribution in [1.82, 2.24) is 0 Å². The fourth-order valence-corrected chi connectivity index (χ4v) is 6.90. The molecule has 0 bridgehead atoms. The Morgan fingerprint density at radius 3 is 1.63 bits per heavy atom. The van der Waals surface area contributed by atoms with Crippen LogP contribution in [0.4, 0.5) is 0 Å². The van der Waals surface area contributed by atoms with Gasteiger partial charge in [-0.05, 0) is 34.4 Å². The zero-order chi connectivity index (χ0) is 44.3. The highest BCUT2D eigenvalue weighted by Crippen LogP contribution is 2.30. The van der Waals surface area contributed by atoms with Gasteiger partial charge < -0.3 is 47.4 Å². The van der Waals surface area contributed by atoms with Crippen LogP contribution in [0.5, 0.6) is 5.75 Å². The number of carbonyl (C=O) groups excluding carboxylic acids is 4. The van der Waals surface area contributed by atoms with Gasteiger partial charge in [-0.25, -0.2) is 4.79 Å². The molecule has 6 rings (SSSR count). The number of esters is 4. The molecule has 2 saturated heterocycles. The maximum absolute atomic E-state index is 12.6. The highest BCUT2D eigenvalue weighted by atomic mass is 16.7. The molecule has 2 aliphatic rings. The van der Waals surface area contributed by atoms with Crippen LogP contribution in [0, 0.1) is 5.92 Å². The molecule has 2 aliphatic heterocycles. The van der Waals surface area contributed by atoms with Crippen LogP contribution >= 0.6 is 0 Å². The summed E-state index contributed by atoms with van der Waals surface area (Å²) in [5.41, 5.74) is 3.81. The lowest BCUT2D eigenvalue weighted by Gasteiger charge is -2.40. The molecule has 62 heavy (non-hydrogen) atoms. The molecular weight excluding hydrogens is 801 g/mol. The van der Waals surface area contributed by atoms with Gasteiger partial charge in [-0.1, -0.05) is 110 Å². The molecule has 0 N–H and O–H groups in total. The molecule has 0 radical (unpaired) electrons. The third-order valence-corrected chi connectivity index (χ3v) is 9.98. The predicted molar refractivity (Wildman–Crippen MR) is 224 cm³/mol. The van der Waals surface area contributed by atoms with E-state index in [1.807, 2.05) is 122 Å². The number of rotatable bonds is 17. The molecule has 332 valence electrons. The molecular formula is C48H56O14. The Morgan fingerprint density at radius 1 is 0.581 bits per heavy atom. The lowest BCUT2D eigenvalue weighted by Crippen LogP contribution is -2.53. The number of hydrogen-bond acceptors (Lipinski definition) is 14. The lowest BCUT2D eigenvalue weighted by molar-refractivity contribution is -0.282. The van der Waals surface area contributed by atoms with Crippen LogP contribution in [-0.4, -0.2) is 87.1 Å². The van der Waals surface area contributed by atoms with Crippen molar-refractivity contribution in [3.05, 3.63) is 138 Å². The van der Waals surface area contributed by atoms with Crippen molar-refractivity contribution in [2.75, 3.05) is 20.3 Å². The summed E-state index contributed by atoms with van der Waals surface area (Å²) >= 11 is 0. The Kier molecular flexibility index (Phi) is 18.9. The number of benzene rings is 4. The number of ether oxygens (including phenoxy) is 10. The van der Waals surface area contributed by atoms with Gasteiger partial charge in [-0.3, -0.25) is 14.4 Å². The van der Waals surface area contributed by atoms with Crippen molar-refractivity contribution in [3.63, 3.8) is 0 Å². The average molecular weight is 857 g/mol. The summed E-state index contributed by atoms with van der Waals surface area (Å²) in [4.78, 5) is 47.2. The SMILES string of the molecule is CC(=O)OC1COC(C(=O)OCc2ccccc2)[C@@H](C)[C@H]1OCc1ccccc1.COc1ccc(COC2C(OC(C)=O)OC(COC(C)=O)C[C@H]2OCc2ccccc2)cc1. The van der Waals surface area contributed by atoms with Crippen molar-refractivity contribution >= 4 is 23.9 Å². The molecule has 4 aromatic rings. The molecule has 5 unspecified atom stereocenters. The number of carbonyl (C=O) groups is 4. The van der Waals surface area contributed by atoms with Crippen molar-refractivity contribution in [2.24, 2.45) is 5.92 Å². The first-order valence-corrected chi connectivity index (χ1v) is 20.5. The molecule has 0 spiro atoms. The Morgan fingerprint density at radius 2 is 1.10 bits per heavy atom. The summed E-state index contributed by atoms with van der Waals surface area (Å²) in [6.45, 7) is 7.07. The minimum Gasteiger partial charge on any atom is -0.497 e. The minimum absolute atomic E-state index is 0.0312. The first-order valence-electron chi connectivity index (χ1n) is 20.5. The van der Waals surface area contributed by atoms with Crippen molar-refractivity contribution in [1.29, 1.82) is 0 Å². The molecule has 14 nitrogen and oxygen atoms in total. The highest BCUT2D eigenvalue weighted by molar-refractivity contribution is 5.75. The van der Waals surface area contributed by atoms with Gasteiger partial charge in [0.25, 0.3) is 0 Å². The quantitative estimate of drug-likeness (QED) is 0.0816. The second-order valence-corrected chi connectivity index (χ2v) is 14.8. The van der Waals surface area contributed by atoms with E-state index in [2.05, 4.69) is 0 Å². The Hall–Kier alpha value is -5.64. The van der Waals surface area contributed by atoms with Gasteiger partial charge in [0.05, 0.1) is 45.7 Å². The summed E-state index contributed by atoms with van der Waals surface area (Å²) in [5, 5.41) is 0. The monoisotopic (exact) mass is 856 g/mol. The lowest BCUT2D eigenvalue weighted by atomic mass is 9.91. The standard InChI is InChI=1S/C25H30O8.C23H26O6/c1-17(26)29-16-22-13-23(30-14-19-7-5-4-6-8-19)24(25(33-22)32-18(2)27)31-15-20-9-11-21(28-3)12-10-20;1-16-21(26-13-18-9-5-3-6-10-18)20(29-17(2)24)15-27-22(16)23(25)28-14-19-11-7-4-8-12-19/h4-12,22-25H,13-16H2,1-3H3;3-12,16,20-22H,13-15H2,1-2H3/t22?,23-,24?,25?;16-,20?,21+,22?/m10/s1. The number of hydrogen-bond donors (Lipinski definition) is 0. The van der Waals surface area contributed by atoms with Gasteiger partial charge in [-0.2, -0.15) is 0 Å². The molecule has 0 aliphatic carbocycles. The largest absolute Gasteiger partial charge is 0.497 e. The average Bonchev–Trinajstić information content (AvgIpc) is 3.27. The highest BCUT2D eigenvalue weighted by Gasteiger charge is 2.45. The van der Waals surface area contributed by atoms with Gasteiger partial charge in [0.15, 0.2) is 12.2 Å². The maximum Gasteiger partial charge on any atom is 0.335 e. The molecule has 0 saturated carbocycles. The fourth-order valence-electron chi connectivity index (χ4n) is 6.90. The number of methoxy groups -OCH3 is 1. The van der Waals surface area contributed by atoms with Crippen LogP contribution in [0.15, 0.2) is 115 Å². The smallest absolute Gasteiger partial charge is 0.335 e. The second kappa shape index (κ2) is 24.7. The van der Waals surface area contributed by atoms with Gasteiger partial charge in [0.2, 0.25) is 6.29 Å². The van der Waals surface area contributed by atoms with Crippen LogP contribution in [-0.2, 0) is 88.2 Å². The summed E-state index contributed by atoms with van der Waals surface area (Å²) in [6.07, 6.45) is -4.07. The first kappa shape index (κ1) is 47.4. The molecule has 0 aromatic heterocycles. The Balaban J connectivity index is 0.000000236. The van der Waals surface area contributed by atoms with Crippen LogP contribution < -0.4 is 4.74 Å². The van der Waals surface area contributed by atoms with E-state index < -0.39 is 66.8 Å². The fraction of sp³-hybridized carbons (Fsp3) is 0.417. The van der Waals surface area contributed by atoms with E-state index in [1.54, 1.807) is 7.11 Å².